The summed E-state index contributed by atoms with van der Waals surface area (Å²) in [4.78, 5) is 27.5. The summed E-state index contributed by atoms with van der Waals surface area (Å²) in [5.41, 5.74) is -0.737. The summed E-state index contributed by atoms with van der Waals surface area (Å²) in [6.45, 7) is 4.01. The molecule has 0 saturated carbocycles. The maximum atomic E-state index is 12.8. The van der Waals surface area contributed by atoms with E-state index in [1.807, 2.05) is 4.90 Å². The highest BCUT2D eigenvalue weighted by molar-refractivity contribution is 5.94. The van der Waals surface area contributed by atoms with Crippen molar-refractivity contribution in [3.05, 3.63) is 35.4 Å². The Labute approximate surface area is 144 Å². The van der Waals surface area contributed by atoms with E-state index in [1.165, 1.54) is 12.1 Å². The Morgan fingerprint density at radius 3 is 2.20 bits per heavy atom. The lowest BCUT2D eigenvalue weighted by molar-refractivity contribution is -0.137. The molecular weight excluding hydrogens is 333 g/mol. The fourth-order valence-electron chi connectivity index (χ4n) is 3.82. The number of amides is 2. The Bertz CT molecular complexity index is 679. The molecule has 25 heavy (non-hydrogen) atoms. The zero-order valence-corrected chi connectivity index (χ0v) is 14.1. The van der Waals surface area contributed by atoms with E-state index in [4.69, 9.17) is 0 Å². The largest absolute Gasteiger partial charge is 0.416 e. The van der Waals surface area contributed by atoms with Gasteiger partial charge in [-0.05, 0) is 42.9 Å². The molecule has 2 aliphatic heterocycles. The molecule has 2 aliphatic rings. The standard InChI is InChI=1S/C18H21F3N2O2/c1-13(24)22-8-5-17(6-9-22)7-10-23(12-17)16(25)14-3-2-4-15(11-14)18(19,20)21/h2-4,11H,5-10,12H2,1H3. The third kappa shape index (κ3) is 3.65. The Morgan fingerprint density at radius 1 is 1.04 bits per heavy atom. The van der Waals surface area contributed by atoms with Crippen LogP contribution in [-0.4, -0.2) is 47.8 Å². The Kier molecular flexibility index (Phi) is 4.51. The van der Waals surface area contributed by atoms with E-state index >= 15 is 0 Å². The van der Waals surface area contributed by atoms with Crippen molar-refractivity contribution in [2.24, 2.45) is 5.41 Å². The van der Waals surface area contributed by atoms with Crippen LogP contribution in [0.5, 0.6) is 0 Å². The van der Waals surface area contributed by atoms with Gasteiger partial charge in [-0.2, -0.15) is 13.2 Å². The summed E-state index contributed by atoms with van der Waals surface area (Å²) < 4.78 is 38.5. The van der Waals surface area contributed by atoms with Gasteiger partial charge in [0.2, 0.25) is 5.91 Å². The second-order valence-corrected chi connectivity index (χ2v) is 7.06. The van der Waals surface area contributed by atoms with Crippen LogP contribution in [0, 0.1) is 5.41 Å². The highest BCUT2D eigenvalue weighted by Crippen LogP contribution is 2.41. The topological polar surface area (TPSA) is 40.6 Å². The molecule has 1 aromatic rings. The van der Waals surface area contributed by atoms with Crippen LogP contribution in [0.25, 0.3) is 0 Å². The number of likely N-dealkylation sites (tertiary alicyclic amines) is 2. The number of carbonyl (C=O) groups excluding carboxylic acids is 2. The first kappa shape index (κ1) is 17.8. The summed E-state index contributed by atoms with van der Waals surface area (Å²) in [6.07, 6.45) is -1.95. The van der Waals surface area contributed by atoms with Crippen molar-refractivity contribution in [1.82, 2.24) is 9.80 Å². The summed E-state index contributed by atoms with van der Waals surface area (Å²) in [7, 11) is 0. The molecular formula is C18H21F3N2O2. The van der Waals surface area contributed by atoms with Crippen LogP contribution >= 0.6 is 0 Å². The van der Waals surface area contributed by atoms with Crippen molar-refractivity contribution < 1.29 is 22.8 Å². The Balaban J connectivity index is 1.68. The molecule has 2 fully saturated rings. The third-order valence-corrected chi connectivity index (χ3v) is 5.43. The predicted octanol–water partition coefficient (Wildman–Crippen LogP) is 3.18. The van der Waals surface area contributed by atoms with Gasteiger partial charge in [0.15, 0.2) is 0 Å². The highest BCUT2D eigenvalue weighted by atomic mass is 19.4. The highest BCUT2D eigenvalue weighted by Gasteiger charge is 2.42. The van der Waals surface area contributed by atoms with Crippen LogP contribution in [0.3, 0.4) is 0 Å². The number of carbonyl (C=O) groups is 2. The molecule has 2 amide bonds. The maximum Gasteiger partial charge on any atom is 0.416 e. The van der Waals surface area contributed by atoms with E-state index in [0.29, 0.717) is 26.2 Å². The van der Waals surface area contributed by atoms with E-state index in [-0.39, 0.29) is 22.8 Å². The number of hydrogen-bond acceptors (Lipinski definition) is 2. The van der Waals surface area contributed by atoms with Crippen molar-refractivity contribution in [3.8, 4) is 0 Å². The molecule has 7 heteroatoms. The second-order valence-electron chi connectivity index (χ2n) is 7.06. The van der Waals surface area contributed by atoms with Crippen LogP contribution in [0.4, 0.5) is 13.2 Å². The van der Waals surface area contributed by atoms with E-state index in [2.05, 4.69) is 0 Å². The average Bonchev–Trinajstić information content (AvgIpc) is 2.97. The fraction of sp³-hybridized carbons (Fsp3) is 0.556. The van der Waals surface area contributed by atoms with Gasteiger partial charge in [-0.1, -0.05) is 6.07 Å². The third-order valence-electron chi connectivity index (χ3n) is 5.43. The van der Waals surface area contributed by atoms with Crippen molar-refractivity contribution >= 4 is 11.8 Å². The molecule has 2 saturated heterocycles. The first-order valence-corrected chi connectivity index (χ1v) is 8.42. The maximum absolute atomic E-state index is 12.8. The molecule has 0 radical (unpaired) electrons. The molecule has 0 atom stereocenters. The number of alkyl halides is 3. The minimum Gasteiger partial charge on any atom is -0.343 e. The zero-order valence-electron chi connectivity index (χ0n) is 14.1. The van der Waals surface area contributed by atoms with Crippen LogP contribution in [0.15, 0.2) is 24.3 Å². The molecule has 0 aliphatic carbocycles. The lowest BCUT2D eigenvalue weighted by atomic mass is 9.78. The molecule has 4 nitrogen and oxygen atoms in total. The van der Waals surface area contributed by atoms with Gasteiger partial charge in [-0.15, -0.1) is 0 Å². The first-order chi connectivity index (χ1) is 11.7. The fourth-order valence-corrected chi connectivity index (χ4v) is 3.82. The number of nitrogens with zero attached hydrogens (tertiary/aromatic N) is 2. The van der Waals surface area contributed by atoms with Gasteiger partial charge in [-0.3, -0.25) is 9.59 Å². The van der Waals surface area contributed by atoms with E-state index in [1.54, 1.807) is 11.8 Å². The van der Waals surface area contributed by atoms with Crippen molar-refractivity contribution in [1.29, 1.82) is 0 Å². The number of halogens is 3. The number of benzene rings is 1. The van der Waals surface area contributed by atoms with Gasteiger partial charge < -0.3 is 9.80 Å². The summed E-state index contributed by atoms with van der Waals surface area (Å²) >= 11 is 0. The summed E-state index contributed by atoms with van der Waals surface area (Å²) in [5.74, 6) is -0.290. The number of hydrogen-bond donors (Lipinski definition) is 0. The van der Waals surface area contributed by atoms with E-state index in [9.17, 15) is 22.8 Å². The molecule has 0 N–H and O–H groups in total. The molecule has 0 aromatic heterocycles. The Morgan fingerprint density at radius 2 is 1.64 bits per heavy atom. The van der Waals surface area contributed by atoms with Gasteiger partial charge >= 0.3 is 6.18 Å². The van der Waals surface area contributed by atoms with Gasteiger partial charge in [0.25, 0.3) is 5.91 Å². The van der Waals surface area contributed by atoms with Crippen molar-refractivity contribution in [2.75, 3.05) is 26.2 Å². The van der Waals surface area contributed by atoms with Gasteiger partial charge in [0.1, 0.15) is 0 Å². The molecule has 3 rings (SSSR count). The second kappa shape index (κ2) is 6.35. The summed E-state index contributed by atoms with van der Waals surface area (Å²) in [5, 5.41) is 0. The van der Waals surface area contributed by atoms with Crippen LogP contribution < -0.4 is 0 Å². The van der Waals surface area contributed by atoms with Crippen molar-refractivity contribution in [2.45, 2.75) is 32.4 Å². The molecule has 0 unspecified atom stereocenters. The van der Waals surface area contributed by atoms with E-state index < -0.39 is 11.7 Å². The first-order valence-electron chi connectivity index (χ1n) is 8.42. The van der Waals surface area contributed by atoms with Gasteiger partial charge in [0.05, 0.1) is 5.56 Å². The molecule has 1 aromatic carbocycles. The van der Waals surface area contributed by atoms with Crippen molar-refractivity contribution in [3.63, 3.8) is 0 Å². The lowest BCUT2D eigenvalue weighted by Crippen LogP contribution is -2.44. The quantitative estimate of drug-likeness (QED) is 0.777. The summed E-state index contributed by atoms with van der Waals surface area (Å²) in [6, 6.07) is 4.60. The van der Waals surface area contributed by atoms with E-state index in [0.717, 1.165) is 31.4 Å². The number of piperidine rings is 1. The Hall–Kier alpha value is -2.05. The average molecular weight is 354 g/mol. The van der Waals surface area contributed by atoms with Crippen LogP contribution in [0.2, 0.25) is 0 Å². The minimum absolute atomic E-state index is 0.0107. The van der Waals surface area contributed by atoms with Crippen LogP contribution in [0.1, 0.15) is 42.1 Å². The molecule has 136 valence electrons. The normalized spacial score (nSPS) is 20.2. The van der Waals surface area contributed by atoms with Gasteiger partial charge in [-0.25, -0.2) is 0 Å². The number of rotatable bonds is 1. The zero-order chi connectivity index (χ0) is 18.2. The smallest absolute Gasteiger partial charge is 0.343 e. The predicted molar refractivity (Wildman–Crippen MR) is 85.9 cm³/mol. The molecule has 2 heterocycles. The minimum atomic E-state index is -4.46. The molecule has 0 bridgehead atoms. The monoisotopic (exact) mass is 354 g/mol. The lowest BCUT2D eigenvalue weighted by Gasteiger charge is -2.38. The van der Waals surface area contributed by atoms with Crippen LogP contribution in [-0.2, 0) is 11.0 Å². The molecule has 1 spiro atoms. The van der Waals surface area contributed by atoms with Gasteiger partial charge in [0, 0.05) is 38.7 Å². The SMILES string of the molecule is CC(=O)N1CCC2(CC1)CCN(C(=O)c1cccc(C(F)(F)F)c1)C2.